The molecular weight excluding hydrogens is 352 g/mol. The van der Waals surface area contributed by atoms with E-state index in [9.17, 15) is 5.11 Å². The van der Waals surface area contributed by atoms with E-state index in [0.717, 1.165) is 28.2 Å². The molecule has 0 fully saturated rings. The van der Waals surface area contributed by atoms with Crippen LogP contribution in [-0.2, 0) is 6.54 Å². The van der Waals surface area contributed by atoms with Gasteiger partial charge in [-0.25, -0.2) is 4.98 Å². The average molecular weight is 369 g/mol. The van der Waals surface area contributed by atoms with Gasteiger partial charge in [0.05, 0.1) is 18.3 Å². The molecule has 2 aromatic heterocycles. The smallest absolute Gasteiger partial charge is 0.229 e. The van der Waals surface area contributed by atoms with Gasteiger partial charge in [-0.15, -0.1) is 12.4 Å². The van der Waals surface area contributed by atoms with Crippen LogP contribution < -0.4 is 10.6 Å². The van der Waals surface area contributed by atoms with Crippen LogP contribution in [0.1, 0.15) is 5.76 Å². The van der Waals surface area contributed by atoms with Crippen molar-refractivity contribution in [3.63, 3.8) is 0 Å². The third-order valence-corrected chi connectivity index (χ3v) is 3.74. The van der Waals surface area contributed by atoms with Crippen LogP contribution in [-0.4, -0.2) is 15.1 Å². The number of benzene rings is 2. The summed E-state index contributed by atoms with van der Waals surface area (Å²) in [5.41, 5.74) is 1.63. The highest BCUT2D eigenvalue weighted by atomic mass is 35.5. The number of para-hydroxylation sites is 1. The quantitative estimate of drug-likeness (QED) is 0.443. The summed E-state index contributed by atoms with van der Waals surface area (Å²) in [5.74, 6) is 2.25. The molecule has 2 aromatic carbocycles. The van der Waals surface area contributed by atoms with E-state index in [1.54, 1.807) is 30.5 Å². The predicted octanol–water partition coefficient (Wildman–Crippen LogP) is 4.71. The number of phenols is 1. The summed E-state index contributed by atoms with van der Waals surface area (Å²) < 4.78 is 5.36. The van der Waals surface area contributed by atoms with Crippen LogP contribution in [0.5, 0.6) is 5.75 Å². The highest BCUT2D eigenvalue weighted by Gasteiger charge is 2.08. The van der Waals surface area contributed by atoms with Gasteiger partial charge in [0.25, 0.3) is 0 Å². The fraction of sp³-hybridized carbons (Fsp3) is 0.0526. The Morgan fingerprint density at radius 3 is 2.50 bits per heavy atom. The van der Waals surface area contributed by atoms with Crippen molar-refractivity contribution in [2.75, 3.05) is 10.6 Å². The Balaban J connectivity index is 0.00000196. The fourth-order valence-corrected chi connectivity index (χ4v) is 2.53. The molecule has 0 saturated heterocycles. The first-order valence-corrected chi connectivity index (χ1v) is 7.87. The number of hydrogen-bond donors (Lipinski definition) is 3. The minimum atomic E-state index is 0. The summed E-state index contributed by atoms with van der Waals surface area (Å²) in [6.45, 7) is 0.534. The van der Waals surface area contributed by atoms with Gasteiger partial charge < -0.3 is 20.2 Å². The normalized spacial score (nSPS) is 10.3. The third-order valence-electron chi connectivity index (χ3n) is 3.74. The van der Waals surface area contributed by atoms with E-state index in [1.165, 1.54) is 0 Å². The Hall–Kier alpha value is -3.25. The minimum Gasteiger partial charge on any atom is -0.508 e. The lowest BCUT2D eigenvalue weighted by atomic mass is 10.2. The summed E-state index contributed by atoms with van der Waals surface area (Å²) in [7, 11) is 0. The molecule has 0 saturated carbocycles. The molecule has 6 nitrogen and oxygen atoms in total. The van der Waals surface area contributed by atoms with Gasteiger partial charge >= 0.3 is 0 Å². The number of anilines is 3. The van der Waals surface area contributed by atoms with Gasteiger partial charge in [0, 0.05) is 11.1 Å². The monoisotopic (exact) mass is 368 g/mol. The number of nitrogens with zero attached hydrogens (tertiary/aromatic N) is 2. The number of fused-ring (bicyclic) bond motifs is 1. The van der Waals surface area contributed by atoms with Gasteiger partial charge in [-0.2, -0.15) is 4.98 Å². The molecule has 0 unspecified atom stereocenters. The molecule has 0 aliphatic heterocycles. The Kier molecular flexibility index (Phi) is 5.24. The van der Waals surface area contributed by atoms with Gasteiger partial charge in [0.15, 0.2) is 0 Å². The van der Waals surface area contributed by atoms with Gasteiger partial charge in [0.2, 0.25) is 5.95 Å². The maximum atomic E-state index is 9.39. The lowest BCUT2D eigenvalue weighted by Crippen LogP contribution is -2.05. The predicted molar refractivity (Wildman–Crippen MR) is 104 cm³/mol. The maximum absolute atomic E-state index is 9.39. The van der Waals surface area contributed by atoms with Crippen LogP contribution in [0, 0.1) is 0 Å². The lowest BCUT2D eigenvalue weighted by Gasteiger charge is -2.11. The van der Waals surface area contributed by atoms with E-state index in [1.807, 2.05) is 36.4 Å². The first kappa shape index (κ1) is 17.6. The second kappa shape index (κ2) is 7.76. The van der Waals surface area contributed by atoms with Crippen molar-refractivity contribution in [2.45, 2.75) is 6.54 Å². The zero-order valence-corrected chi connectivity index (χ0v) is 14.5. The van der Waals surface area contributed by atoms with Crippen molar-refractivity contribution in [1.29, 1.82) is 0 Å². The summed E-state index contributed by atoms with van der Waals surface area (Å²) in [4.78, 5) is 9.13. The van der Waals surface area contributed by atoms with Gasteiger partial charge in [-0.3, -0.25) is 0 Å². The molecular formula is C19H17ClN4O2. The summed E-state index contributed by atoms with van der Waals surface area (Å²) in [5, 5.41) is 16.8. The summed E-state index contributed by atoms with van der Waals surface area (Å²) >= 11 is 0. The highest BCUT2D eigenvalue weighted by molar-refractivity contribution is 5.90. The molecule has 0 aliphatic rings. The second-order valence-corrected chi connectivity index (χ2v) is 5.52. The summed E-state index contributed by atoms with van der Waals surface area (Å²) in [6.07, 6.45) is 1.65. The largest absolute Gasteiger partial charge is 0.508 e. The number of nitrogens with one attached hydrogen (secondary N) is 2. The number of rotatable bonds is 5. The van der Waals surface area contributed by atoms with Gasteiger partial charge in [-0.05, 0) is 48.5 Å². The molecule has 0 radical (unpaired) electrons. The Morgan fingerprint density at radius 1 is 0.923 bits per heavy atom. The molecule has 0 bridgehead atoms. The zero-order valence-electron chi connectivity index (χ0n) is 13.7. The van der Waals surface area contributed by atoms with Crippen LogP contribution in [0.25, 0.3) is 10.9 Å². The number of aromatic nitrogens is 2. The van der Waals surface area contributed by atoms with Crippen molar-refractivity contribution < 1.29 is 9.52 Å². The lowest BCUT2D eigenvalue weighted by molar-refractivity contribution is 0.475. The van der Waals surface area contributed by atoms with Crippen LogP contribution in [0.4, 0.5) is 17.5 Å². The van der Waals surface area contributed by atoms with E-state index in [0.29, 0.717) is 12.5 Å². The van der Waals surface area contributed by atoms with E-state index in [2.05, 4.69) is 20.6 Å². The topological polar surface area (TPSA) is 83.2 Å². The second-order valence-electron chi connectivity index (χ2n) is 5.52. The molecule has 0 atom stereocenters. The van der Waals surface area contributed by atoms with Crippen molar-refractivity contribution in [3.05, 3.63) is 72.7 Å². The Labute approximate surface area is 156 Å². The van der Waals surface area contributed by atoms with Crippen molar-refractivity contribution in [2.24, 2.45) is 0 Å². The molecule has 2 heterocycles. The zero-order chi connectivity index (χ0) is 17.1. The minimum absolute atomic E-state index is 0. The highest BCUT2D eigenvalue weighted by Crippen LogP contribution is 2.24. The van der Waals surface area contributed by atoms with Crippen LogP contribution in [0.3, 0.4) is 0 Å². The molecule has 4 aromatic rings. The molecule has 3 N–H and O–H groups in total. The van der Waals surface area contributed by atoms with Gasteiger partial charge in [-0.1, -0.05) is 12.1 Å². The SMILES string of the molecule is Cl.Oc1ccc(Nc2nc(NCc3ccco3)c3ccccc3n2)cc1. The summed E-state index contributed by atoms with van der Waals surface area (Å²) in [6, 6.07) is 18.3. The van der Waals surface area contributed by atoms with Crippen molar-refractivity contribution >= 4 is 40.8 Å². The van der Waals surface area contributed by atoms with E-state index >= 15 is 0 Å². The standard InChI is InChI=1S/C19H16N4O2.ClH/c24-14-9-7-13(8-10-14)21-19-22-17-6-2-1-5-16(17)18(23-19)20-12-15-4-3-11-25-15;/h1-11,24H,12H2,(H2,20,21,22,23);1H. The van der Waals surface area contributed by atoms with Crippen LogP contribution >= 0.6 is 12.4 Å². The number of furan rings is 1. The number of halogens is 1. The van der Waals surface area contributed by atoms with Crippen molar-refractivity contribution in [3.8, 4) is 5.75 Å². The number of aromatic hydroxyl groups is 1. The van der Waals surface area contributed by atoms with Gasteiger partial charge in [0.1, 0.15) is 17.3 Å². The van der Waals surface area contributed by atoms with E-state index < -0.39 is 0 Å². The average Bonchev–Trinajstić information content (AvgIpc) is 3.15. The van der Waals surface area contributed by atoms with Crippen LogP contribution in [0.15, 0.2) is 71.3 Å². The van der Waals surface area contributed by atoms with Crippen LogP contribution in [0.2, 0.25) is 0 Å². The number of phenolic OH excluding ortho intramolecular Hbond substituents is 1. The molecule has 7 heteroatoms. The van der Waals surface area contributed by atoms with E-state index in [-0.39, 0.29) is 18.2 Å². The Bertz CT molecular complexity index is 988. The maximum Gasteiger partial charge on any atom is 0.229 e. The third kappa shape index (κ3) is 3.87. The first-order valence-electron chi connectivity index (χ1n) is 7.87. The van der Waals surface area contributed by atoms with Crippen molar-refractivity contribution in [1.82, 2.24) is 9.97 Å². The molecule has 0 aliphatic carbocycles. The molecule has 132 valence electrons. The molecule has 4 rings (SSSR count). The molecule has 0 amide bonds. The molecule has 0 spiro atoms. The number of hydrogen-bond acceptors (Lipinski definition) is 6. The fourth-order valence-electron chi connectivity index (χ4n) is 2.53. The Morgan fingerprint density at radius 2 is 1.73 bits per heavy atom. The first-order chi connectivity index (χ1) is 12.3. The van der Waals surface area contributed by atoms with E-state index in [4.69, 9.17) is 4.42 Å². The molecule has 26 heavy (non-hydrogen) atoms.